The summed E-state index contributed by atoms with van der Waals surface area (Å²) < 4.78 is 18.5. The molecular formula is C27H29N3O4. The van der Waals surface area contributed by atoms with Gasteiger partial charge >= 0.3 is 0 Å². The first-order valence-corrected chi connectivity index (χ1v) is 11.3. The number of ether oxygens (including phenoxy) is 3. The van der Waals surface area contributed by atoms with Gasteiger partial charge in [-0.2, -0.15) is 0 Å². The summed E-state index contributed by atoms with van der Waals surface area (Å²) in [5.74, 6) is 3.22. The number of hydrogen-bond acceptors (Lipinski definition) is 5. The van der Waals surface area contributed by atoms with Crippen LogP contribution in [0.3, 0.4) is 0 Å². The second-order valence-electron chi connectivity index (χ2n) is 7.78. The highest BCUT2D eigenvalue weighted by atomic mass is 16.5. The quantitative estimate of drug-likeness (QED) is 0.335. The van der Waals surface area contributed by atoms with Crippen molar-refractivity contribution >= 4 is 16.9 Å². The highest BCUT2D eigenvalue weighted by molar-refractivity contribution is 5.94. The van der Waals surface area contributed by atoms with Crippen molar-refractivity contribution in [2.45, 2.75) is 19.4 Å². The van der Waals surface area contributed by atoms with E-state index < -0.39 is 0 Å². The van der Waals surface area contributed by atoms with Crippen molar-refractivity contribution in [3.63, 3.8) is 0 Å². The molecule has 34 heavy (non-hydrogen) atoms. The average molecular weight is 460 g/mol. The van der Waals surface area contributed by atoms with Crippen molar-refractivity contribution in [3.05, 3.63) is 84.2 Å². The number of carbonyl (C=O) groups is 1. The van der Waals surface area contributed by atoms with E-state index in [0.29, 0.717) is 25.3 Å². The summed E-state index contributed by atoms with van der Waals surface area (Å²) in [6.45, 7) is 1.77. The second kappa shape index (κ2) is 11.2. The molecule has 3 aromatic carbocycles. The molecule has 0 radical (unpaired) electrons. The van der Waals surface area contributed by atoms with E-state index in [-0.39, 0.29) is 5.91 Å². The lowest BCUT2D eigenvalue weighted by molar-refractivity contribution is 0.0953. The highest BCUT2D eigenvalue weighted by Gasteiger charge is 2.11. The third kappa shape index (κ3) is 5.67. The molecule has 0 aliphatic heterocycles. The van der Waals surface area contributed by atoms with E-state index in [9.17, 15) is 4.79 Å². The zero-order valence-electron chi connectivity index (χ0n) is 19.5. The van der Waals surface area contributed by atoms with Gasteiger partial charge in [-0.25, -0.2) is 4.98 Å². The summed E-state index contributed by atoms with van der Waals surface area (Å²) in [5.41, 5.74) is 2.66. The molecule has 0 aliphatic rings. The molecule has 0 fully saturated rings. The summed E-state index contributed by atoms with van der Waals surface area (Å²) in [5, 5.41) is 2.98. The van der Waals surface area contributed by atoms with E-state index in [1.165, 1.54) is 0 Å². The van der Waals surface area contributed by atoms with Gasteiger partial charge in [-0.3, -0.25) is 4.79 Å². The number of nitrogens with zero attached hydrogens (tertiary/aromatic N) is 2. The maximum atomic E-state index is 12.4. The third-order valence-corrected chi connectivity index (χ3v) is 5.59. The van der Waals surface area contributed by atoms with Gasteiger partial charge in [0.15, 0.2) is 0 Å². The maximum absolute atomic E-state index is 12.4. The van der Waals surface area contributed by atoms with E-state index >= 15 is 0 Å². The smallest absolute Gasteiger partial charge is 0.251 e. The summed E-state index contributed by atoms with van der Waals surface area (Å²) >= 11 is 0. The Balaban J connectivity index is 1.34. The molecule has 0 bridgehead atoms. The number of hydrogen-bond donors (Lipinski definition) is 1. The molecule has 4 rings (SSSR count). The van der Waals surface area contributed by atoms with Crippen LogP contribution >= 0.6 is 0 Å². The van der Waals surface area contributed by atoms with Crippen molar-refractivity contribution in [2.24, 2.45) is 0 Å². The summed E-state index contributed by atoms with van der Waals surface area (Å²) in [7, 11) is 3.25. The lowest BCUT2D eigenvalue weighted by Gasteiger charge is -2.11. The van der Waals surface area contributed by atoms with Crippen LogP contribution < -0.4 is 19.5 Å². The van der Waals surface area contributed by atoms with Crippen LogP contribution in [0, 0.1) is 0 Å². The van der Waals surface area contributed by atoms with Gasteiger partial charge in [-0.15, -0.1) is 0 Å². The SMILES string of the molecule is COc1ccc(OCCn2c(CCCNC(=O)c3ccc(OC)cc3)nc3ccccc32)cc1. The van der Waals surface area contributed by atoms with E-state index in [0.717, 1.165) is 46.9 Å². The number of rotatable bonds is 11. The van der Waals surface area contributed by atoms with E-state index in [4.69, 9.17) is 19.2 Å². The van der Waals surface area contributed by atoms with Crippen LogP contribution in [0.2, 0.25) is 0 Å². The predicted octanol–water partition coefficient (Wildman–Crippen LogP) is 4.50. The number of aromatic nitrogens is 2. The van der Waals surface area contributed by atoms with Crippen LogP contribution in [0.5, 0.6) is 17.2 Å². The normalized spacial score (nSPS) is 10.8. The van der Waals surface area contributed by atoms with E-state index in [1.807, 2.05) is 42.5 Å². The van der Waals surface area contributed by atoms with Crippen molar-refractivity contribution in [3.8, 4) is 17.2 Å². The Morgan fingerprint density at radius 2 is 1.53 bits per heavy atom. The Hall–Kier alpha value is -4.00. The fourth-order valence-electron chi connectivity index (χ4n) is 3.79. The largest absolute Gasteiger partial charge is 0.497 e. The fraction of sp³-hybridized carbons (Fsp3) is 0.259. The molecule has 0 aliphatic carbocycles. The molecule has 0 atom stereocenters. The first-order chi connectivity index (χ1) is 16.7. The molecule has 4 aromatic rings. The van der Waals surface area contributed by atoms with Crippen LogP contribution in [-0.4, -0.2) is 42.8 Å². The van der Waals surface area contributed by atoms with Crippen LogP contribution in [0.1, 0.15) is 22.6 Å². The maximum Gasteiger partial charge on any atom is 0.251 e. The molecule has 1 aromatic heterocycles. The topological polar surface area (TPSA) is 74.6 Å². The fourth-order valence-corrected chi connectivity index (χ4v) is 3.79. The summed E-state index contributed by atoms with van der Waals surface area (Å²) in [6, 6.07) is 22.8. The number of benzene rings is 3. The zero-order valence-corrected chi connectivity index (χ0v) is 19.5. The number of carbonyl (C=O) groups excluding carboxylic acids is 1. The lowest BCUT2D eigenvalue weighted by atomic mass is 10.2. The Morgan fingerprint density at radius 3 is 2.24 bits per heavy atom. The van der Waals surface area contributed by atoms with Gasteiger partial charge in [0.1, 0.15) is 29.7 Å². The van der Waals surface area contributed by atoms with E-state index in [2.05, 4.69) is 16.0 Å². The first kappa shape index (κ1) is 23.2. The number of nitrogens with one attached hydrogen (secondary N) is 1. The minimum atomic E-state index is -0.0935. The van der Waals surface area contributed by atoms with Crippen LogP contribution in [0.4, 0.5) is 0 Å². The van der Waals surface area contributed by atoms with Crippen molar-refractivity contribution in [2.75, 3.05) is 27.4 Å². The minimum Gasteiger partial charge on any atom is -0.497 e. The van der Waals surface area contributed by atoms with Gasteiger partial charge in [0.05, 0.1) is 31.8 Å². The molecule has 1 amide bonds. The Morgan fingerprint density at radius 1 is 0.882 bits per heavy atom. The molecule has 176 valence electrons. The lowest BCUT2D eigenvalue weighted by Crippen LogP contribution is -2.25. The van der Waals surface area contributed by atoms with Crippen molar-refractivity contribution < 1.29 is 19.0 Å². The van der Waals surface area contributed by atoms with Crippen molar-refractivity contribution in [1.82, 2.24) is 14.9 Å². The molecular weight excluding hydrogens is 430 g/mol. The predicted molar refractivity (Wildman–Crippen MR) is 132 cm³/mol. The van der Waals surface area contributed by atoms with Crippen LogP contribution in [-0.2, 0) is 13.0 Å². The zero-order chi connectivity index (χ0) is 23.8. The standard InChI is InChI=1S/C27H29N3O4/c1-32-21-11-9-20(10-12-21)27(31)28-17-5-8-26-29-24-6-3-4-7-25(24)30(26)18-19-34-23-15-13-22(33-2)14-16-23/h3-4,6-7,9-16H,5,8,17-19H2,1-2H3,(H,28,31). The van der Waals surface area contributed by atoms with Crippen LogP contribution in [0.25, 0.3) is 11.0 Å². The summed E-state index contributed by atoms with van der Waals surface area (Å²) in [4.78, 5) is 17.2. The molecule has 0 saturated carbocycles. The Labute approximate surface area is 199 Å². The average Bonchev–Trinajstić information content (AvgIpc) is 3.24. The molecule has 1 N–H and O–H groups in total. The second-order valence-corrected chi connectivity index (χ2v) is 7.78. The summed E-state index contributed by atoms with van der Waals surface area (Å²) in [6.07, 6.45) is 1.53. The van der Waals surface area contributed by atoms with Gasteiger partial charge in [0, 0.05) is 18.5 Å². The van der Waals surface area contributed by atoms with Crippen molar-refractivity contribution in [1.29, 1.82) is 0 Å². The highest BCUT2D eigenvalue weighted by Crippen LogP contribution is 2.19. The third-order valence-electron chi connectivity index (χ3n) is 5.59. The molecule has 0 saturated heterocycles. The monoisotopic (exact) mass is 459 g/mol. The Bertz CT molecular complexity index is 1220. The number of methoxy groups -OCH3 is 2. The van der Waals surface area contributed by atoms with Gasteiger partial charge in [-0.1, -0.05) is 12.1 Å². The van der Waals surface area contributed by atoms with Gasteiger partial charge in [-0.05, 0) is 67.1 Å². The molecule has 7 nitrogen and oxygen atoms in total. The van der Waals surface area contributed by atoms with Crippen LogP contribution in [0.15, 0.2) is 72.8 Å². The van der Waals surface area contributed by atoms with Gasteiger partial charge < -0.3 is 24.1 Å². The first-order valence-electron chi connectivity index (χ1n) is 11.3. The van der Waals surface area contributed by atoms with Gasteiger partial charge in [0.25, 0.3) is 5.91 Å². The van der Waals surface area contributed by atoms with Gasteiger partial charge in [0.2, 0.25) is 0 Å². The molecule has 1 heterocycles. The number of aryl methyl sites for hydroxylation is 1. The Kier molecular flexibility index (Phi) is 7.65. The number of imidazole rings is 1. The molecule has 0 unspecified atom stereocenters. The molecule has 7 heteroatoms. The minimum absolute atomic E-state index is 0.0935. The molecule has 0 spiro atoms. The number of amides is 1. The number of fused-ring (bicyclic) bond motifs is 1. The van der Waals surface area contributed by atoms with E-state index in [1.54, 1.807) is 38.5 Å². The number of para-hydroxylation sites is 2.